The number of hydrogen-bond donors (Lipinski definition) is 5. The number of carbonyl (C=O) groups is 1. The van der Waals surface area contributed by atoms with E-state index in [2.05, 4.69) is 20.3 Å². The number of methoxy groups -OCH3 is 1. The van der Waals surface area contributed by atoms with Gasteiger partial charge >= 0.3 is 0 Å². The van der Waals surface area contributed by atoms with Crippen molar-refractivity contribution in [1.29, 1.82) is 0 Å². The molecule has 7 N–H and O–H groups in total. The molecule has 4 rings (SSSR count). The Morgan fingerprint density at radius 2 is 2.06 bits per heavy atom. The number of rotatable bonds is 7. The molecule has 3 heterocycles. The summed E-state index contributed by atoms with van der Waals surface area (Å²) >= 11 is 0. The average molecular weight is 443 g/mol. The number of nitrogens with one attached hydrogen (secondary N) is 1. The normalized spacial score (nSPS) is 23.9. The number of ether oxygens (including phenoxy) is 2. The van der Waals surface area contributed by atoms with Gasteiger partial charge in [0.2, 0.25) is 5.91 Å². The van der Waals surface area contributed by atoms with Gasteiger partial charge in [0.15, 0.2) is 17.7 Å². The standard InChI is InChI=1S/C20H25N7O5/c1-31-11-4-2-10(3-5-11)6-12(21)19(30)26-14-13(7-28)32-20(16(14)29)27-9-25-15-17(22)23-8-24-18(15)27/h2-5,8-9,12-14,16,20,28-29H,6-7,21H2,1H3,(H,26,30)(H2,22,23,24)/t12?,13-,14-,16-,20-/m1/s1. The van der Waals surface area contributed by atoms with Crippen LogP contribution in [0.4, 0.5) is 5.82 Å². The smallest absolute Gasteiger partial charge is 0.237 e. The lowest BCUT2D eigenvalue weighted by atomic mass is 10.0. The molecule has 2 aromatic heterocycles. The van der Waals surface area contributed by atoms with E-state index in [1.165, 1.54) is 17.2 Å². The van der Waals surface area contributed by atoms with Gasteiger partial charge in [0, 0.05) is 0 Å². The number of fused-ring (bicyclic) bond motifs is 1. The molecule has 1 amide bonds. The molecule has 12 nitrogen and oxygen atoms in total. The number of anilines is 1. The lowest BCUT2D eigenvalue weighted by Crippen LogP contribution is -2.53. The molecule has 0 bridgehead atoms. The van der Waals surface area contributed by atoms with Crippen LogP contribution in [0.15, 0.2) is 36.9 Å². The van der Waals surface area contributed by atoms with Crippen molar-refractivity contribution in [2.24, 2.45) is 5.73 Å². The molecule has 0 aliphatic carbocycles. The van der Waals surface area contributed by atoms with Crippen molar-refractivity contribution in [2.45, 2.75) is 36.9 Å². The number of amides is 1. The highest BCUT2D eigenvalue weighted by Crippen LogP contribution is 2.32. The van der Waals surface area contributed by atoms with Gasteiger partial charge < -0.3 is 36.5 Å². The van der Waals surface area contributed by atoms with Gasteiger partial charge in [0.05, 0.1) is 32.1 Å². The van der Waals surface area contributed by atoms with Crippen LogP contribution in [0.3, 0.4) is 0 Å². The van der Waals surface area contributed by atoms with Gasteiger partial charge in [-0.2, -0.15) is 0 Å². The molecule has 12 heteroatoms. The van der Waals surface area contributed by atoms with Crippen molar-refractivity contribution in [2.75, 3.05) is 19.5 Å². The molecule has 1 aliphatic rings. The van der Waals surface area contributed by atoms with Crippen LogP contribution in [-0.4, -0.2) is 73.6 Å². The summed E-state index contributed by atoms with van der Waals surface area (Å²) in [7, 11) is 1.57. The molecule has 32 heavy (non-hydrogen) atoms. The van der Waals surface area contributed by atoms with E-state index in [1.807, 2.05) is 12.1 Å². The van der Waals surface area contributed by atoms with Gasteiger partial charge in [-0.3, -0.25) is 9.36 Å². The van der Waals surface area contributed by atoms with E-state index in [4.69, 9.17) is 20.9 Å². The Morgan fingerprint density at radius 1 is 1.31 bits per heavy atom. The van der Waals surface area contributed by atoms with Crippen molar-refractivity contribution in [3.05, 3.63) is 42.5 Å². The maximum Gasteiger partial charge on any atom is 0.237 e. The van der Waals surface area contributed by atoms with Crippen LogP contribution >= 0.6 is 0 Å². The van der Waals surface area contributed by atoms with E-state index in [-0.39, 0.29) is 12.2 Å². The molecular weight excluding hydrogens is 418 g/mol. The summed E-state index contributed by atoms with van der Waals surface area (Å²) in [6.07, 6.45) is -0.0265. The number of nitrogens with two attached hydrogens (primary N) is 2. The quantitative estimate of drug-likeness (QED) is 0.295. The predicted octanol–water partition coefficient (Wildman–Crippen LogP) is -1.28. The van der Waals surface area contributed by atoms with Crippen LogP contribution in [-0.2, 0) is 16.0 Å². The van der Waals surface area contributed by atoms with Crippen molar-refractivity contribution >= 4 is 22.9 Å². The minimum absolute atomic E-state index is 0.189. The lowest BCUT2D eigenvalue weighted by Gasteiger charge is -2.23. The third kappa shape index (κ3) is 4.08. The zero-order valence-electron chi connectivity index (χ0n) is 17.3. The molecule has 1 aromatic carbocycles. The summed E-state index contributed by atoms with van der Waals surface area (Å²) in [6, 6.07) is 5.46. The van der Waals surface area contributed by atoms with Crippen LogP contribution in [0.5, 0.6) is 5.75 Å². The molecular formula is C20H25N7O5. The Hall–Kier alpha value is -3.32. The van der Waals surface area contributed by atoms with E-state index in [0.29, 0.717) is 16.9 Å². The van der Waals surface area contributed by atoms with Crippen LogP contribution in [0, 0.1) is 0 Å². The first kappa shape index (κ1) is 21.9. The van der Waals surface area contributed by atoms with Crippen LogP contribution in [0.25, 0.3) is 11.2 Å². The highest BCUT2D eigenvalue weighted by Gasteiger charge is 2.46. The van der Waals surface area contributed by atoms with Crippen LogP contribution in [0.1, 0.15) is 11.8 Å². The topological polar surface area (TPSA) is 184 Å². The number of carbonyl (C=O) groups excluding carboxylic acids is 1. The lowest BCUT2D eigenvalue weighted by molar-refractivity contribution is -0.124. The average Bonchev–Trinajstić information content (AvgIpc) is 3.36. The molecule has 170 valence electrons. The Balaban J connectivity index is 1.47. The van der Waals surface area contributed by atoms with Gasteiger partial charge in [0.25, 0.3) is 0 Å². The first-order valence-corrected chi connectivity index (χ1v) is 9.99. The minimum atomic E-state index is -1.20. The second-order valence-corrected chi connectivity index (χ2v) is 7.51. The fraction of sp³-hybridized carbons (Fsp3) is 0.400. The first-order valence-electron chi connectivity index (χ1n) is 9.99. The number of nitrogens with zero attached hydrogens (tertiary/aromatic N) is 4. The Morgan fingerprint density at radius 3 is 2.75 bits per heavy atom. The third-order valence-electron chi connectivity index (χ3n) is 5.48. The Kier molecular flexibility index (Phi) is 6.19. The molecule has 3 aromatic rings. The number of aliphatic hydroxyl groups is 2. The molecule has 0 spiro atoms. The van der Waals surface area contributed by atoms with E-state index in [1.54, 1.807) is 19.2 Å². The highest BCUT2D eigenvalue weighted by molar-refractivity contribution is 5.82. The maximum atomic E-state index is 12.7. The van der Waals surface area contributed by atoms with Gasteiger partial charge in [-0.25, -0.2) is 15.0 Å². The zero-order valence-corrected chi connectivity index (χ0v) is 17.3. The first-order chi connectivity index (χ1) is 15.4. The summed E-state index contributed by atoms with van der Waals surface area (Å²) in [4.78, 5) is 24.9. The molecule has 1 fully saturated rings. The van der Waals surface area contributed by atoms with Crippen molar-refractivity contribution in [1.82, 2.24) is 24.8 Å². The third-order valence-corrected chi connectivity index (χ3v) is 5.48. The second kappa shape index (κ2) is 9.04. The SMILES string of the molecule is COc1ccc(CC(N)C(=O)N[C@H]2[C@@H](O)[C@H](n3cnc4c(N)ncnc43)O[C@@H]2CO)cc1. The van der Waals surface area contributed by atoms with E-state index in [9.17, 15) is 15.0 Å². The minimum Gasteiger partial charge on any atom is -0.497 e. The Labute approximate surface area is 183 Å². The van der Waals surface area contributed by atoms with E-state index < -0.39 is 43.0 Å². The maximum absolute atomic E-state index is 12.7. The molecule has 1 unspecified atom stereocenters. The summed E-state index contributed by atoms with van der Waals surface area (Å²) in [5.41, 5.74) is 13.5. The van der Waals surface area contributed by atoms with Crippen LogP contribution < -0.4 is 21.5 Å². The number of aliphatic hydroxyl groups excluding tert-OH is 2. The number of hydrogen-bond acceptors (Lipinski definition) is 10. The molecule has 1 saturated heterocycles. The molecule has 0 saturated carbocycles. The summed E-state index contributed by atoms with van der Waals surface area (Å²) in [5.74, 6) is 0.415. The van der Waals surface area contributed by atoms with E-state index in [0.717, 1.165) is 5.56 Å². The summed E-state index contributed by atoms with van der Waals surface area (Å²) in [5, 5.41) is 23.4. The summed E-state index contributed by atoms with van der Waals surface area (Å²) in [6.45, 7) is -0.421. The number of imidazole rings is 1. The summed E-state index contributed by atoms with van der Waals surface area (Å²) < 4.78 is 12.4. The largest absolute Gasteiger partial charge is 0.497 e. The number of nitrogen functional groups attached to an aromatic ring is 1. The number of aromatic nitrogens is 4. The van der Waals surface area contributed by atoms with Crippen molar-refractivity contribution in [3.8, 4) is 5.75 Å². The molecule has 5 atom stereocenters. The highest BCUT2D eigenvalue weighted by atomic mass is 16.5. The monoisotopic (exact) mass is 443 g/mol. The van der Waals surface area contributed by atoms with Gasteiger partial charge in [-0.05, 0) is 24.1 Å². The van der Waals surface area contributed by atoms with E-state index >= 15 is 0 Å². The van der Waals surface area contributed by atoms with Gasteiger partial charge in [-0.1, -0.05) is 12.1 Å². The fourth-order valence-electron chi connectivity index (χ4n) is 3.74. The second-order valence-electron chi connectivity index (χ2n) is 7.51. The van der Waals surface area contributed by atoms with Gasteiger partial charge in [-0.15, -0.1) is 0 Å². The number of benzene rings is 1. The molecule has 1 aliphatic heterocycles. The fourth-order valence-corrected chi connectivity index (χ4v) is 3.74. The van der Waals surface area contributed by atoms with Gasteiger partial charge in [0.1, 0.15) is 29.8 Å². The predicted molar refractivity (Wildman–Crippen MR) is 113 cm³/mol. The Bertz CT molecular complexity index is 1090. The van der Waals surface area contributed by atoms with Crippen LogP contribution in [0.2, 0.25) is 0 Å². The molecule has 0 radical (unpaired) electrons. The van der Waals surface area contributed by atoms with Crippen molar-refractivity contribution < 1.29 is 24.5 Å². The van der Waals surface area contributed by atoms with Crippen molar-refractivity contribution in [3.63, 3.8) is 0 Å². The zero-order chi connectivity index (χ0) is 22.8.